The van der Waals surface area contributed by atoms with E-state index in [0.29, 0.717) is 11.3 Å². The van der Waals surface area contributed by atoms with Gasteiger partial charge in [0.15, 0.2) is 0 Å². The third-order valence-electron chi connectivity index (χ3n) is 4.18. The van der Waals surface area contributed by atoms with E-state index >= 15 is 0 Å². The van der Waals surface area contributed by atoms with Gasteiger partial charge in [-0.3, -0.25) is 4.55 Å². The zero-order valence-corrected chi connectivity index (χ0v) is 23.7. The molecule has 170 valence electrons. The monoisotopic (exact) mass is 802 g/mol. The number of ether oxygens (including phenoxy) is 2. The first-order chi connectivity index (χ1) is 15.5. The van der Waals surface area contributed by atoms with Crippen molar-refractivity contribution in [2.75, 3.05) is 0 Å². The van der Waals surface area contributed by atoms with Gasteiger partial charge in [-0.1, -0.05) is 18.7 Å². The fraction of sp³-hybridized carbons (Fsp3) is 0. The number of carbonyl (C=O) groups excluding carboxylic acids is 2. The van der Waals surface area contributed by atoms with Gasteiger partial charge in [0.25, 0.3) is 10.1 Å². The molecule has 0 spiro atoms. The molecule has 0 fully saturated rings. The Morgan fingerprint density at radius 2 is 1.36 bits per heavy atom. The average Bonchev–Trinajstić information content (AvgIpc) is 2.73. The third kappa shape index (κ3) is 6.52. The SMILES string of the molecule is C=Cc1ccc(C(=O)Oc2ccc(I)cc2)c(C(=O)Oc2cc(I)c(S(=O)(=O)O)c(I)c2)c1. The molecule has 0 aliphatic rings. The standard InChI is InChI=1S/C22H13I3O7S/c1-2-12-3-8-16(21(26)31-14-6-4-13(23)5-7-14)17(9-12)22(27)32-15-10-18(24)20(19(25)11-15)33(28,29)30/h2-11H,1H2,(H,28,29,30). The molecule has 33 heavy (non-hydrogen) atoms. The summed E-state index contributed by atoms with van der Waals surface area (Å²) in [4.78, 5) is 25.5. The van der Waals surface area contributed by atoms with E-state index in [9.17, 15) is 22.6 Å². The summed E-state index contributed by atoms with van der Waals surface area (Å²) >= 11 is 5.56. The number of carbonyl (C=O) groups is 2. The highest BCUT2D eigenvalue weighted by Gasteiger charge is 2.24. The summed E-state index contributed by atoms with van der Waals surface area (Å²) in [5.41, 5.74) is 0.522. The largest absolute Gasteiger partial charge is 0.423 e. The maximum absolute atomic E-state index is 13.0. The van der Waals surface area contributed by atoms with Crippen molar-refractivity contribution in [2.45, 2.75) is 4.90 Å². The van der Waals surface area contributed by atoms with Crippen LogP contribution >= 0.6 is 67.8 Å². The lowest BCUT2D eigenvalue weighted by Crippen LogP contribution is -2.18. The van der Waals surface area contributed by atoms with Gasteiger partial charge in [-0.25, -0.2) is 9.59 Å². The molecule has 0 aliphatic heterocycles. The van der Waals surface area contributed by atoms with Crippen LogP contribution in [0.5, 0.6) is 11.5 Å². The maximum Gasteiger partial charge on any atom is 0.344 e. The first-order valence-electron chi connectivity index (χ1n) is 8.92. The molecule has 11 heteroatoms. The van der Waals surface area contributed by atoms with Crippen molar-refractivity contribution in [3.63, 3.8) is 0 Å². The molecule has 0 aliphatic carbocycles. The molecule has 0 atom stereocenters. The molecular formula is C22H13I3O7S. The van der Waals surface area contributed by atoms with Crippen LogP contribution in [0.15, 0.2) is 66.1 Å². The zero-order chi connectivity index (χ0) is 24.3. The van der Waals surface area contributed by atoms with E-state index in [2.05, 4.69) is 29.2 Å². The molecule has 0 saturated carbocycles. The highest BCUT2D eigenvalue weighted by molar-refractivity contribution is 14.1. The fourth-order valence-electron chi connectivity index (χ4n) is 2.70. The van der Waals surface area contributed by atoms with Crippen LogP contribution in [-0.4, -0.2) is 24.9 Å². The molecule has 0 saturated heterocycles. The number of esters is 2. The number of halogens is 3. The van der Waals surface area contributed by atoms with Gasteiger partial charge in [0.1, 0.15) is 16.4 Å². The summed E-state index contributed by atoms with van der Waals surface area (Å²) in [6.45, 7) is 3.67. The number of hydrogen-bond acceptors (Lipinski definition) is 6. The van der Waals surface area contributed by atoms with E-state index < -0.39 is 22.1 Å². The Morgan fingerprint density at radius 3 is 1.91 bits per heavy atom. The van der Waals surface area contributed by atoms with Gasteiger partial charge >= 0.3 is 11.9 Å². The summed E-state index contributed by atoms with van der Waals surface area (Å²) < 4.78 is 44.6. The van der Waals surface area contributed by atoms with Gasteiger partial charge < -0.3 is 9.47 Å². The Kier molecular flexibility index (Phi) is 8.52. The van der Waals surface area contributed by atoms with Crippen molar-refractivity contribution in [3.05, 3.63) is 88.6 Å². The second kappa shape index (κ2) is 10.8. The van der Waals surface area contributed by atoms with E-state index in [-0.39, 0.29) is 28.9 Å². The Labute approximate surface area is 230 Å². The molecular weight excluding hydrogens is 789 g/mol. The summed E-state index contributed by atoms with van der Waals surface area (Å²) in [7, 11) is -4.45. The summed E-state index contributed by atoms with van der Waals surface area (Å²) in [6.07, 6.45) is 1.51. The number of hydrogen-bond donors (Lipinski definition) is 1. The smallest absolute Gasteiger partial charge is 0.344 e. The summed E-state index contributed by atoms with van der Waals surface area (Å²) in [6, 6.07) is 13.9. The van der Waals surface area contributed by atoms with Crippen LogP contribution in [0.2, 0.25) is 0 Å². The van der Waals surface area contributed by atoms with Crippen LogP contribution < -0.4 is 9.47 Å². The van der Waals surface area contributed by atoms with Crippen LogP contribution in [-0.2, 0) is 10.1 Å². The summed E-state index contributed by atoms with van der Waals surface area (Å²) in [5, 5.41) is 0. The first-order valence-corrected chi connectivity index (χ1v) is 13.6. The lowest BCUT2D eigenvalue weighted by molar-refractivity contribution is 0.0692. The van der Waals surface area contributed by atoms with Crippen LogP contribution in [0, 0.1) is 10.7 Å². The molecule has 7 nitrogen and oxygen atoms in total. The minimum absolute atomic E-state index is 0.0110. The Bertz CT molecular complexity index is 1340. The van der Waals surface area contributed by atoms with Crippen molar-refractivity contribution in [1.29, 1.82) is 0 Å². The van der Waals surface area contributed by atoms with Crippen LogP contribution in [0.25, 0.3) is 6.08 Å². The average molecular weight is 802 g/mol. The molecule has 0 bridgehead atoms. The van der Waals surface area contributed by atoms with Crippen molar-refractivity contribution >= 4 is 95.9 Å². The zero-order valence-electron chi connectivity index (χ0n) is 16.4. The molecule has 0 heterocycles. The topological polar surface area (TPSA) is 107 Å². The molecule has 3 aromatic carbocycles. The molecule has 1 N–H and O–H groups in total. The molecule has 0 radical (unpaired) electrons. The lowest BCUT2D eigenvalue weighted by Gasteiger charge is -2.12. The van der Waals surface area contributed by atoms with Gasteiger partial charge in [0.2, 0.25) is 0 Å². The summed E-state index contributed by atoms with van der Waals surface area (Å²) in [5.74, 6) is -1.23. The lowest BCUT2D eigenvalue weighted by atomic mass is 10.0. The van der Waals surface area contributed by atoms with E-state index in [4.69, 9.17) is 9.47 Å². The van der Waals surface area contributed by atoms with Crippen molar-refractivity contribution in [2.24, 2.45) is 0 Å². The first kappa shape index (κ1) is 26.1. The Morgan fingerprint density at radius 1 is 0.818 bits per heavy atom. The van der Waals surface area contributed by atoms with Gasteiger partial charge in [0, 0.05) is 10.7 Å². The normalized spacial score (nSPS) is 11.0. The minimum Gasteiger partial charge on any atom is -0.423 e. The molecule has 0 unspecified atom stereocenters. The quantitative estimate of drug-likeness (QED) is 0.145. The highest BCUT2D eigenvalue weighted by Crippen LogP contribution is 2.30. The molecule has 0 amide bonds. The van der Waals surface area contributed by atoms with Crippen LogP contribution in [0.1, 0.15) is 26.3 Å². The molecule has 3 rings (SSSR count). The van der Waals surface area contributed by atoms with Gasteiger partial charge in [-0.2, -0.15) is 8.42 Å². The second-order valence-corrected chi connectivity index (χ2v) is 11.4. The Balaban J connectivity index is 1.95. The van der Waals surface area contributed by atoms with Crippen molar-refractivity contribution in [3.8, 4) is 11.5 Å². The number of rotatable bonds is 6. The molecule has 0 aromatic heterocycles. The second-order valence-electron chi connectivity index (χ2n) is 6.43. The number of benzene rings is 3. The predicted molar refractivity (Wildman–Crippen MR) is 147 cm³/mol. The van der Waals surface area contributed by atoms with Crippen LogP contribution in [0.4, 0.5) is 0 Å². The highest BCUT2D eigenvalue weighted by atomic mass is 127. The van der Waals surface area contributed by atoms with E-state index in [1.54, 1.807) is 75.5 Å². The van der Waals surface area contributed by atoms with Crippen molar-refractivity contribution in [1.82, 2.24) is 0 Å². The predicted octanol–water partition coefficient (Wildman–Crippen LogP) is 5.83. The van der Waals surface area contributed by atoms with Gasteiger partial charge in [-0.05, 0) is 122 Å². The fourth-order valence-corrected chi connectivity index (χ4v) is 7.06. The third-order valence-corrected chi connectivity index (χ3v) is 8.29. The maximum atomic E-state index is 13.0. The van der Waals surface area contributed by atoms with E-state index in [1.165, 1.54) is 30.3 Å². The minimum atomic E-state index is -4.45. The Hall–Kier alpha value is -1.56. The van der Waals surface area contributed by atoms with E-state index in [0.717, 1.165) is 3.57 Å². The van der Waals surface area contributed by atoms with Gasteiger partial charge in [0.05, 0.1) is 11.1 Å². The van der Waals surface area contributed by atoms with Crippen molar-refractivity contribution < 1.29 is 32.0 Å². The molecule has 3 aromatic rings. The van der Waals surface area contributed by atoms with Crippen LogP contribution in [0.3, 0.4) is 0 Å². The van der Waals surface area contributed by atoms with Gasteiger partial charge in [-0.15, -0.1) is 0 Å². The van der Waals surface area contributed by atoms with E-state index in [1.807, 2.05) is 0 Å².